The molecule has 0 bridgehead atoms. The van der Waals surface area contributed by atoms with E-state index in [9.17, 15) is 4.79 Å². The van der Waals surface area contributed by atoms with Crippen LogP contribution >= 0.6 is 24.0 Å². The lowest BCUT2D eigenvalue weighted by molar-refractivity contribution is -0.131. The van der Waals surface area contributed by atoms with Crippen molar-refractivity contribution in [2.24, 2.45) is 10.4 Å². The number of hydrogen-bond acceptors (Lipinski definition) is 4. The number of methoxy groups -OCH3 is 1. The Hall–Kier alpha value is -1.55. The molecule has 0 aromatic heterocycles. The van der Waals surface area contributed by atoms with E-state index < -0.39 is 0 Å². The molecule has 0 radical (unpaired) electrons. The molecular weight excluding hydrogens is 529 g/mol. The number of aliphatic imine (C=N–C) groups is 1. The predicted octanol–water partition coefficient (Wildman–Crippen LogP) is 3.50. The summed E-state index contributed by atoms with van der Waals surface area (Å²) in [6, 6.07) is 10.4. The number of guanidine groups is 1. The van der Waals surface area contributed by atoms with Crippen molar-refractivity contribution in [3.05, 3.63) is 30.3 Å². The maximum absolute atomic E-state index is 12.7. The van der Waals surface area contributed by atoms with Crippen LogP contribution in [0.2, 0.25) is 0 Å². The first-order chi connectivity index (χ1) is 15.7. The topological polar surface area (TPSA) is 69.2 Å². The van der Waals surface area contributed by atoms with Crippen molar-refractivity contribution in [2.75, 3.05) is 64.4 Å². The van der Waals surface area contributed by atoms with Crippen molar-refractivity contribution >= 4 is 41.5 Å². The van der Waals surface area contributed by atoms with Crippen LogP contribution < -0.4 is 15.5 Å². The number of piperazine rings is 1. The number of nitrogens with zero attached hydrogens (tertiary/aromatic N) is 3. The summed E-state index contributed by atoms with van der Waals surface area (Å²) in [7, 11) is 1.77. The lowest BCUT2D eigenvalue weighted by Gasteiger charge is -2.36. The van der Waals surface area contributed by atoms with Gasteiger partial charge in [0.2, 0.25) is 5.91 Å². The van der Waals surface area contributed by atoms with Crippen LogP contribution in [-0.4, -0.2) is 76.3 Å². The second-order valence-electron chi connectivity index (χ2n) is 9.03. The van der Waals surface area contributed by atoms with Crippen molar-refractivity contribution < 1.29 is 9.53 Å². The molecule has 7 nitrogen and oxygen atoms in total. The van der Waals surface area contributed by atoms with Crippen LogP contribution in [0.25, 0.3) is 0 Å². The Balaban J connectivity index is 0.00000385. The molecule has 2 N–H and O–H groups in total. The minimum Gasteiger partial charge on any atom is -0.385 e. The minimum absolute atomic E-state index is 0. The SMILES string of the molecule is CCNC(=NCC1(CCOC)CCCC1)NCCC(=O)N1CCN(c2ccccc2)CC1.I. The summed E-state index contributed by atoms with van der Waals surface area (Å²) in [5.74, 6) is 1.03. The zero-order valence-corrected chi connectivity index (χ0v) is 22.7. The standard InChI is InChI=1S/C25H41N5O2.HI/c1-3-26-24(28-21-25(14-20-32-2)12-7-8-13-25)27-15-11-23(31)30-18-16-29(17-19-30)22-9-5-4-6-10-22;/h4-6,9-10H,3,7-8,11-21H2,1-2H3,(H2,26,27,28);1H. The molecule has 2 aliphatic rings. The van der Waals surface area contributed by atoms with Crippen molar-refractivity contribution in [1.29, 1.82) is 0 Å². The van der Waals surface area contributed by atoms with E-state index in [1.807, 2.05) is 11.0 Å². The van der Waals surface area contributed by atoms with Gasteiger partial charge in [-0.25, -0.2) is 0 Å². The average Bonchev–Trinajstić information content (AvgIpc) is 3.31. The monoisotopic (exact) mass is 571 g/mol. The lowest BCUT2D eigenvalue weighted by Crippen LogP contribution is -2.49. The highest BCUT2D eigenvalue weighted by Crippen LogP contribution is 2.41. The molecule has 1 heterocycles. The number of carbonyl (C=O) groups is 1. The number of amides is 1. The molecular formula is C25H42IN5O2. The van der Waals surface area contributed by atoms with E-state index >= 15 is 0 Å². The summed E-state index contributed by atoms with van der Waals surface area (Å²) in [5.41, 5.74) is 1.50. The predicted molar refractivity (Wildman–Crippen MR) is 147 cm³/mol. The van der Waals surface area contributed by atoms with Gasteiger partial charge in [0.05, 0.1) is 0 Å². The summed E-state index contributed by atoms with van der Waals surface area (Å²) >= 11 is 0. The van der Waals surface area contributed by atoms with Gasteiger partial charge in [-0.2, -0.15) is 0 Å². The van der Waals surface area contributed by atoms with E-state index in [1.54, 1.807) is 7.11 Å². The molecule has 1 aromatic rings. The number of halogens is 1. The summed E-state index contributed by atoms with van der Waals surface area (Å²) < 4.78 is 5.34. The molecule has 3 rings (SSSR count). The van der Waals surface area contributed by atoms with Gasteiger partial charge < -0.3 is 25.2 Å². The Morgan fingerprint density at radius 3 is 2.42 bits per heavy atom. The second kappa shape index (κ2) is 14.7. The molecule has 186 valence electrons. The molecule has 1 aliphatic carbocycles. The molecule has 1 saturated carbocycles. The minimum atomic E-state index is 0. The number of hydrogen-bond donors (Lipinski definition) is 2. The Morgan fingerprint density at radius 1 is 1.09 bits per heavy atom. The quantitative estimate of drug-likeness (QED) is 0.256. The third kappa shape index (κ3) is 8.63. The Morgan fingerprint density at radius 2 is 1.79 bits per heavy atom. The maximum Gasteiger partial charge on any atom is 0.224 e. The zero-order valence-electron chi connectivity index (χ0n) is 20.4. The average molecular weight is 572 g/mol. The molecule has 1 amide bonds. The van der Waals surface area contributed by atoms with Crippen LogP contribution in [0.1, 0.15) is 45.4 Å². The van der Waals surface area contributed by atoms with Crippen molar-refractivity contribution in [3.8, 4) is 0 Å². The molecule has 0 spiro atoms. The molecule has 8 heteroatoms. The Labute approximate surface area is 216 Å². The smallest absolute Gasteiger partial charge is 0.224 e. The highest BCUT2D eigenvalue weighted by Gasteiger charge is 2.33. The molecule has 2 fully saturated rings. The fourth-order valence-corrected chi connectivity index (χ4v) is 4.82. The van der Waals surface area contributed by atoms with Gasteiger partial charge in [0.15, 0.2) is 5.96 Å². The summed E-state index contributed by atoms with van der Waals surface area (Å²) in [6.07, 6.45) is 6.59. The van der Waals surface area contributed by atoms with E-state index in [4.69, 9.17) is 9.73 Å². The zero-order chi connectivity index (χ0) is 22.7. The number of benzene rings is 1. The first-order valence-corrected chi connectivity index (χ1v) is 12.2. The van der Waals surface area contributed by atoms with Gasteiger partial charge in [0, 0.05) is 71.6 Å². The number of ether oxygens (including phenoxy) is 1. The highest BCUT2D eigenvalue weighted by molar-refractivity contribution is 14.0. The summed E-state index contributed by atoms with van der Waals surface area (Å²) in [6.45, 7) is 8.44. The number of rotatable bonds is 10. The van der Waals surface area contributed by atoms with Gasteiger partial charge in [-0.15, -0.1) is 24.0 Å². The van der Waals surface area contributed by atoms with Crippen LogP contribution in [0.4, 0.5) is 5.69 Å². The summed E-state index contributed by atoms with van der Waals surface area (Å²) in [4.78, 5) is 21.9. The lowest BCUT2D eigenvalue weighted by atomic mass is 9.83. The number of para-hydroxylation sites is 1. The van der Waals surface area contributed by atoms with Gasteiger partial charge in [-0.3, -0.25) is 9.79 Å². The van der Waals surface area contributed by atoms with E-state index in [1.165, 1.54) is 31.4 Å². The van der Waals surface area contributed by atoms with Crippen LogP contribution in [-0.2, 0) is 9.53 Å². The van der Waals surface area contributed by atoms with Crippen LogP contribution in [0, 0.1) is 5.41 Å². The molecule has 1 aromatic carbocycles. The van der Waals surface area contributed by atoms with Crippen molar-refractivity contribution in [1.82, 2.24) is 15.5 Å². The largest absolute Gasteiger partial charge is 0.385 e. The van der Waals surface area contributed by atoms with Crippen LogP contribution in [0.3, 0.4) is 0 Å². The van der Waals surface area contributed by atoms with Crippen molar-refractivity contribution in [2.45, 2.75) is 45.4 Å². The maximum atomic E-state index is 12.7. The first-order valence-electron chi connectivity index (χ1n) is 12.2. The van der Waals surface area contributed by atoms with E-state index in [0.29, 0.717) is 13.0 Å². The van der Waals surface area contributed by atoms with E-state index in [2.05, 4.69) is 46.7 Å². The molecule has 1 saturated heterocycles. The fourth-order valence-electron chi connectivity index (χ4n) is 4.82. The van der Waals surface area contributed by atoms with Gasteiger partial charge in [0.1, 0.15) is 0 Å². The first kappa shape index (κ1) is 27.7. The van der Waals surface area contributed by atoms with E-state index in [-0.39, 0.29) is 35.3 Å². The van der Waals surface area contributed by atoms with Gasteiger partial charge >= 0.3 is 0 Å². The number of anilines is 1. The highest BCUT2D eigenvalue weighted by atomic mass is 127. The van der Waals surface area contributed by atoms with Gasteiger partial charge in [-0.1, -0.05) is 31.0 Å². The summed E-state index contributed by atoms with van der Waals surface area (Å²) in [5, 5.41) is 6.71. The van der Waals surface area contributed by atoms with Gasteiger partial charge in [0.25, 0.3) is 0 Å². The van der Waals surface area contributed by atoms with Crippen molar-refractivity contribution in [3.63, 3.8) is 0 Å². The second-order valence-corrected chi connectivity index (χ2v) is 9.03. The third-order valence-electron chi connectivity index (χ3n) is 6.80. The molecule has 0 unspecified atom stereocenters. The normalized spacial score (nSPS) is 18.1. The number of carbonyl (C=O) groups excluding carboxylic acids is 1. The van der Waals surface area contributed by atoms with Crippen LogP contribution in [0.15, 0.2) is 35.3 Å². The molecule has 1 aliphatic heterocycles. The van der Waals surface area contributed by atoms with Gasteiger partial charge in [-0.05, 0) is 43.7 Å². The van der Waals surface area contributed by atoms with Crippen LogP contribution in [0.5, 0.6) is 0 Å². The third-order valence-corrected chi connectivity index (χ3v) is 6.80. The Bertz CT molecular complexity index is 717. The fraction of sp³-hybridized carbons (Fsp3) is 0.680. The Kier molecular flexibility index (Phi) is 12.3. The molecule has 0 atom stereocenters. The number of nitrogens with one attached hydrogen (secondary N) is 2. The molecule has 33 heavy (non-hydrogen) atoms. The van der Waals surface area contributed by atoms with E-state index in [0.717, 1.165) is 58.3 Å².